The lowest BCUT2D eigenvalue weighted by atomic mass is 10.1. The Kier molecular flexibility index (Phi) is 5.56. The highest BCUT2D eigenvalue weighted by atomic mass is 16.5. The maximum Gasteiger partial charge on any atom is 0.251 e. The normalized spacial score (nSPS) is 17.7. The minimum Gasteiger partial charge on any atom is -0.379 e. The van der Waals surface area contributed by atoms with Crippen LogP contribution in [-0.4, -0.2) is 43.2 Å². The first-order chi connectivity index (χ1) is 9.69. The van der Waals surface area contributed by atoms with E-state index in [1.165, 1.54) is 5.56 Å². The number of carbonyl (C=O) groups is 1. The summed E-state index contributed by atoms with van der Waals surface area (Å²) >= 11 is 0. The zero-order valence-corrected chi connectivity index (χ0v) is 12.4. The van der Waals surface area contributed by atoms with Crippen LogP contribution < -0.4 is 5.32 Å². The first-order valence-corrected chi connectivity index (χ1v) is 7.39. The molecule has 1 aliphatic rings. The van der Waals surface area contributed by atoms with Crippen molar-refractivity contribution in [1.29, 1.82) is 0 Å². The van der Waals surface area contributed by atoms with Crippen LogP contribution in [0.1, 0.15) is 36.2 Å². The van der Waals surface area contributed by atoms with Gasteiger partial charge in [-0.1, -0.05) is 19.1 Å². The Labute approximate surface area is 121 Å². The molecule has 1 heterocycles. The molecule has 110 valence electrons. The lowest BCUT2D eigenvalue weighted by Gasteiger charge is -2.26. The van der Waals surface area contributed by atoms with Crippen LogP contribution in [0.2, 0.25) is 0 Å². The third-order valence-corrected chi connectivity index (χ3v) is 3.69. The predicted octanol–water partition coefficient (Wildman–Crippen LogP) is 2.05. The highest BCUT2D eigenvalue weighted by molar-refractivity contribution is 5.94. The van der Waals surface area contributed by atoms with E-state index in [9.17, 15) is 4.79 Å². The number of hydrogen-bond acceptors (Lipinski definition) is 3. The Morgan fingerprint density at radius 2 is 2.15 bits per heavy atom. The Morgan fingerprint density at radius 3 is 2.85 bits per heavy atom. The lowest BCUT2D eigenvalue weighted by molar-refractivity contribution is 0.0342. The fourth-order valence-corrected chi connectivity index (χ4v) is 2.24. The molecule has 4 heteroatoms. The van der Waals surface area contributed by atoms with E-state index < -0.39 is 0 Å². The fraction of sp³-hybridized carbons (Fsp3) is 0.562. The smallest absolute Gasteiger partial charge is 0.251 e. The van der Waals surface area contributed by atoms with Crippen molar-refractivity contribution in [1.82, 2.24) is 10.2 Å². The topological polar surface area (TPSA) is 41.6 Å². The number of ether oxygens (including phenoxy) is 1. The number of nitrogens with one attached hydrogen (secondary N) is 1. The van der Waals surface area contributed by atoms with E-state index in [1.807, 2.05) is 25.1 Å². The summed E-state index contributed by atoms with van der Waals surface area (Å²) in [7, 11) is 0. The van der Waals surface area contributed by atoms with Gasteiger partial charge in [0, 0.05) is 31.2 Å². The molecule has 0 aliphatic carbocycles. The molecule has 1 N–H and O–H groups in total. The predicted molar refractivity (Wildman–Crippen MR) is 79.8 cm³/mol. The molecule has 2 rings (SSSR count). The van der Waals surface area contributed by atoms with Crippen LogP contribution in [0.15, 0.2) is 24.3 Å². The molecule has 0 unspecified atom stereocenters. The molecule has 1 saturated heterocycles. The van der Waals surface area contributed by atoms with Crippen LogP contribution in [0.3, 0.4) is 0 Å². The Balaban J connectivity index is 1.97. The van der Waals surface area contributed by atoms with E-state index in [0.29, 0.717) is 0 Å². The number of rotatable bonds is 5. The molecule has 0 saturated carbocycles. The van der Waals surface area contributed by atoms with Gasteiger partial charge in [0.15, 0.2) is 0 Å². The molecule has 1 fully saturated rings. The van der Waals surface area contributed by atoms with Gasteiger partial charge in [-0.15, -0.1) is 0 Å². The summed E-state index contributed by atoms with van der Waals surface area (Å²) in [5.74, 6) is 0.0168. The third-order valence-electron chi connectivity index (χ3n) is 3.69. The highest BCUT2D eigenvalue weighted by Crippen LogP contribution is 2.10. The Morgan fingerprint density at radius 1 is 1.40 bits per heavy atom. The van der Waals surface area contributed by atoms with Crippen molar-refractivity contribution < 1.29 is 9.53 Å². The summed E-state index contributed by atoms with van der Waals surface area (Å²) in [6.07, 6.45) is 0.944. The van der Waals surface area contributed by atoms with Crippen LogP contribution >= 0.6 is 0 Å². The summed E-state index contributed by atoms with van der Waals surface area (Å²) in [6, 6.07) is 8.12. The summed E-state index contributed by atoms with van der Waals surface area (Å²) in [5, 5.41) is 3.00. The maximum atomic E-state index is 12.1. The monoisotopic (exact) mass is 276 g/mol. The van der Waals surface area contributed by atoms with E-state index in [2.05, 4.69) is 23.2 Å². The molecule has 0 radical (unpaired) electrons. The number of nitrogens with zero attached hydrogens (tertiary/aromatic N) is 1. The number of carbonyl (C=O) groups excluding carboxylic acids is 1. The molecule has 1 aliphatic heterocycles. The van der Waals surface area contributed by atoms with E-state index in [1.54, 1.807) is 0 Å². The van der Waals surface area contributed by atoms with Crippen LogP contribution in [0.25, 0.3) is 0 Å². The standard InChI is InChI=1S/C16H24N2O2/c1-3-13(2)17-16(19)15-6-4-5-14(11-15)12-18-7-9-20-10-8-18/h4-6,11,13H,3,7-10,12H2,1-2H3,(H,17,19)/t13-/m1/s1. The van der Waals surface area contributed by atoms with E-state index >= 15 is 0 Å². The maximum absolute atomic E-state index is 12.1. The van der Waals surface area contributed by atoms with E-state index in [4.69, 9.17) is 4.74 Å². The second-order valence-electron chi connectivity index (χ2n) is 5.37. The Bertz CT molecular complexity index is 442. The van der Waals surface area contributed by atoms with Gasteiger partial charge in [-0.25, -0.2) is 0 Å². The molecule has 1 amide bonds. The van der Waals surface area contributed by atoms with Crippen LogP contribution in [0.5, 0.6) is 0 Å². The van der Waals surface area contributed by atoms with Crippen LogP contribution in [-0.2, 0) is 11.3 Å². The Hall–Kier alpha value is -1.39. The molecule has 4 nitrogen and oxygen atoms in total. The zero-order valence-electron chi connectivity index (χ0n) is 12.4. The molecular formula is C16H24N2O2. The van der Waals surface area contributed by atoms with Crippen molar-refractivity contribution in [3.8, 4) is 0 Å². The van der Waals surface area contributed by atoms with Gasteiger partial charge in [0.1, 0.15) is 0 Å². The molecule has 1 aromatic rings. The van der Waals surface area contributed by atoms with Crippen molar-refractivity contribution in [3.63, 3.8) is 0 Å². The van der Waals surface area contributed by atoms with Crippen molar-refractivity contribution in [2.75, 3.05) is 26.3 Å². The third kappa shape index (κ3) is 4.32. The number of amides is 1. The lowest BCUT2D eigenvalue weighted by Crippen LogP contribution is -2.35. The van der Waals surface area contributed by atoms with Crippen LogP contribution in [0.4, 0.5) is 0 Å². The minimum absolute atomic E-state index is 0.0168. The fourth-order valence-electron chi connectivity index (χ4n) is 2.24. The average Bonchev–Trinajstić information content (AvgIpc) is 2.48. The largest absolute Gasteiger partial charge is 0.379 e. The summed E-state index contributed by atoms with van der Waals surface area (Å²) in [5.41, 5.74) is 1.93. The van der Waals surface area contributed by atoms with E-state index in [-0.39, 0.29) is 11.9 Å². The van der Waals surface area contributed by atoms with Gasteiger partial charge in [0.25, 0.3) is 5.91 Å². The number of hydrogen-bond donors (Lipinski definition) is 1. The van der Waals surface area contributed by atoms with E-state index in [0.717, 1.165) is 44.8 Å². The van der Waals surface area contributed by atoms with Crippen molar-refractivity contribution in [2.45, 2.75) is 32.9 Å². The van der Waals surface area contributed by atoms with Crippen molar-refractivity contribution in [3.05, 3.63) is 35.4 Å². The first-order valence-electron chi connectivity index (χ1n) is 7.39. The van der Waals surface area contributed by atoms with Crippen LogP contribution in [0, 0.1) is 0 Å². The van der Waals surface area contributed by atoms with Crippen molar-refractivity contribution in [2.24, 2.45) is 0 Å². The van der Waals surface area contributed by atoms with Gasteiger partial charge >= 0.3 is 0 Å². The minimum atomic E-state index is 0.0168. The van der Waals surface area contributed by atoms with Gasteiger partial charge in [-0.2, -0.15) is 0 Å². The first kappa shape index (κ1) is 15.0. The molecular weight excluding hydrogens is 252 g/mol. The second kappa shape index (κ2) is 7.41. The van der Waals surface area contributed by atoms with Crippen molar-refractivity contribution >= 4 is 5.91 Å². The summed E-state index contributed by atoms with van der Waals surface area (Å²) < 4.78 is 5.35. The van der Waals surface area contributed by atoms with Gasteiger partial charge in [0.2, 0.25) is 0 Å². The molecule has 1 aromatic carbocycles. The second-order valence-corrected chi connectivity index (χ2v) is 5.37. The molecule has 1 atom stereocenters. The van der Waals surface area contributed by atoms with Gasteiger partial charge in [0.05, 0.1) is 13.2 Å². The number of benzene rings is 1. The molecule has 0 bridgehead atoms. The average molecular weight is 276 g/mol. The number of morpholine rings is 1. The molecule has 20 heavy (non-hydrogen) atoms. The zero-order chi connectivity index (χ0) is 14.4. The van der Waals surface area contributed by atoms with Gasteiger partial charge < -0.3 is 10.1 Å². The SMILES string of the molecule is CC[C@@H](C)NC(=O)c1cccc(CN2CCOCC2)c1. The highest BCUT2D eigenvalue weighted by Gasteiger charge is 2.12. The van der Waals surface area contributed by atoms with Gasteiger partial charge in [-0.3, -0.25) is 9.69 Å². The quantitative estimate of drug-likeness (QED) is 0.895. The molecule has 0 spiro atoms. The molecule has 0 aromatic heterocycles. The summed E-state index contributed by atoms with van der Waals surface area (Å²) in [6.45, 7) is 8.50. The van der Waals surface area contributed by atoms with Gasteiger partial charge in [-0.05, 0) is 31.0 Å². The summed E-state index contributed by atoms with van der Waals surface area (Å²) in [4.78, 5) is 14.5.